The van der Waals surface area contributed by atoms with Crippen LogP contribution >= 0.6 is 0 Å². The molecular formula is C15H23BN2O3. The van der Waals surface area contributed by atoms with Crippen LogP contribution in [0.25, 0.3) is 6.08 Å². The summed E-state index contributed by atoms with van der Waals surface area (Å²) in [5.74, 6) is 0. The Balaban J connectivity index is 2.33. The van der Waals surface area contributed by atoms with Crippen molar-refractivity contribution in [1.29, 1.82) is 0 Å². The van der Waals surface area contributed by atoms with Gasteiger partial charge in [0.2, 0.25) is 0 Å². The maximum atomic E-state index is 9.67. The number of aliphatic hydroxyl groups is 1. The Hall–Kier alpha value is -1.37. The molecule has 1 aliphatic rings. The minimum absolute atomic E-state index is 0.148. The number of rotatable bonds is 3. The average molecular weight is 290 g/mol. The minimum atomic E-state index is -0.569. The van der Waals surface area contributed by atoms with Crippen LogP contribution in [0, 0.1) is 6.92 Å². The molecular weight excluding hydrogens is 267 g/mol. The molecule has 2 rings (SSSR count). The Labute approximate surface area is 126 Å². The second kappa shape index (κ2) is 5.44. The first-order valence-electron chi connectivity index (χ1n) is 7.05. The van der Waals surface area contributed by atoms with Crippen LogP contribution in [0.1, 0.15) is 39.0 Å². The van der Waals surface area contributed by atoms with E-state index in [0.717, 1.165) is 11.3 Å². The van der Waals surface area contributed by atoms with E-state index in [4.69, 9.17) is 15.0 Å². The fraction of sp³-hybridized carbons (Fsp3) is 0.533. The number of nitrogens with zero attached hydrogens (tertiary/aromatic N) is 1. The molecule has 0 aromatic carbocycles. The third-order valence-electron chi connectivity index (χ3n) is 4.23. The summed E-state index contributed by atoms with van der Waals surface area (Å²) in [5.41, 5.74) is 7.83. The van der Waals surface area contributed by atoms with Gasteiger partial charge in [0.1, 0.15) is 0 Å². The SMILES string of the molecule is Cc1ncc(N)cc1C=C(CO)B1OC(C)(C)C(C)(C)O1. The first-order valence-corrected chi connectivity index (χ1v) is 7.05. The Morgan fingerprint density at radius 1 is 1.33 bits per heavy atom. The van der Waals surface area contributed by atoms with Gasteiger partial charge in [-0.25, -0.2) is 0 Å². The van der Waals surface area contributed by atoms with Crippen LogP contribution in [-0.2, 0) is 9.31 Å². The molecule has 0 amide bonds. The van der Waals surface area contributed by atoms with Crippen molar-refractivity contribution in [3.05, 3.63) is 29.0 Å². The molecule has 1 aromatic heterocycles. The van der Waals surface area contributed by atoms with E-state index in [1.165, 1.54) is 0 Å². The van der Waals surface area contributed by atoms with Gasteiger partial charge in [-0.05, 0) is 51.7 Å². The van der Waals surface area contributed by atoms with Gasteiger partial charge in [0.05, 0.1) is 29.7 Å². The predicted molar refractivity (Wildman–Crippen MR) is 84.5 cm³/mol. The summed E-state index contributed by atoms with van der Waals surface area (Å²) in [6.45, 7) is 9.67. The third kappa shape index (κ3) is 3.12. The predicted octanol–water partition coefficient (Wildman–Crippen LogP) is 1.98. The molecule has 0 radical (unpaired) electrons. The number of hydrogen-bond donors (Lipinski definition) is 2. The molecule has 114 valence electrons. The number of aryl methyl sites for hydroxylation is 1. The number of pyridine rings is 1. The summed E-state index contributed by atoms with van der Waals surface area (Å²) < 4.78 is 11.9. The molecule has 0 aliphatic carbocycles. The number of hydrogen-bond acceptors (Lipinski definition) is 5. The minimum Gasteiger partial charge on any atom is -0.400 e. The van der Waals surface area contributed by atoms with Gasteiger partial charge < -0.3 is 20.1 Å². The molecule has 1 aromatic rings. The van der Waals surface area contributed by atoms with E-state index >= 15 is 0 Å². The molecule has 3 N–H and O–H groups in total. The van der Waals surface area contributed by atoms with Crippen molar-refractivity contribution in [2.45, 2.75) is 45.8 Å². The summed E-state index contributed by atoms with van der Waals surface area (Å²) in [4.78, 5) is 4.22. The Bertz CT molecular complexity index is 554. The monoisotopic (exact) mass is 290 g/mol. The zero-order valence-electron chi connectivity index (χ0n) is 13.3. The maximum absolute atomic E-state index is 9.67. The van der Waals surface area contributed by atoms with Gasteiger partial charge in [0.15, 0.2) is 0 Å². The smallest absolute Gasteiger partial charge is 0.400 e. The normalized spacial score (nSPS) is 20.9. The number of aromatic nitrogens is 1. The van der Waals surface area contributed by atoms with E-state index in [1.54, 1.807) is 6.20 Å². The molecule has 0 atom stereocenters. The van der Waals surface area contributed by atoms with Crippen LogP contribution in [0.4, 0.5) is 5.69 Å². The van der Waals surface area contributed by atoms with Crippen molar-refractivity contribution in [2.75, 3.05) is 12.3 Å². The lowest BCUT2D eigenvalue weighted by molar-refractivity contribution is 0.00578. The number of aliphatic hydroxyl groups excluding tert-OH is 1. The zero-order chi connectivity index (χ0) is 15.8. The van der Waals surface area contributed by atoms with E-state index in [0.29, 0.717) is 11.2 Å². The highest BCUT2D eigenvalue weighted by Crippen LogP contribution is 2.38. The summed E-state index contributed by atoms with van der Waals surface area (Å²) in [6.07, 6.45) is 3.45. The molecule has 21 heavy (non-hydrogen) atoms. The van der Waals surface area contributed by atoms with E-state index in [-0.39, 0.29) is 6.61 Å². The maximum Gasteiger partial charge on any atom is 0.492 e. The molecule has 1 aliphatic heterocycles. The lowest BCUT2D eigenvalue weighted by atomic mass is 9.77. The zero-order valence-corrected chi connectivity index (χ0v) is 13.3. The second-order valence-corrected chi connectivity index (χ2v) is 6.41. The molecule has 0 saturated carbocycles. The van der Waals surface area contributed by atoms with Crippen LogP contribution in [0.5, 0.6) is 0 Å². The van der Waals surface area contributed by atoms with Gasteiger partial charge in [-0.1, -0.05) is 6.08 Å². The van der Waals surface area contributed by atoms with Gasteiger partial charge in [-0.15, -0.1) is 0 Å². The second-order valence-electron chi connectivity index (χ2n) is 6.41. The van der Waals surface area contributed by atoms with E-state index in [2.05, 4.69) is 4.98 Å². The molecule has 6 heteroatoms. The third-order valence-corrected chi connectivity index (χ3v) is 4.23. The average Bonchev–Trinajstić information content (AvgIpc) is 2.59. The first kappa shape index (κ1) is 16.0. The van der Waals surface area contributed by atoms with Crippen molar-refractivity contribution in [2.24, 2.45) is 0 Å². The van der Waals surface area contributed by atoms with Gasteiger partial charge in [-0.3, -0.25) is 4.98 Å². The summed E-state index contributed by atoms with van der Waals surface area (Å²) >= 11 is 0. The van der Waals surface area contributed by atoms with Crippen molar-refractivity contribution in [1.82, 2.24) is 4.98 Å². The molecule has 5 nitrogen and oxygen atoms in total. The Kier molecular flexibility index (Phi) is 4.15. The summed E-state index contributed by atoms with van der Waals surface area (Å²) in [5, 5.41) is 9.67. The lowest BCUT2D eigenvalue weighted by Gasteiger charge is -2.32. The van der Waals surface area contributed by atoms with Crippen molar-refractivity contribution >= 4 is 18.9 Å². The fourth-order valence-electron chi connectivity index (χ4n) is 2.10. The fourth-order valence-corrected chi connectivity index (χ4v) is 2.10. The number of nitrogens with two attached hydrogens (primary N) is 1. The van der Waals surface area contributed by atoms with Crippen LogP contribution in [0.15, 0.2) is 17.7 Å². The van der Waals surface area contributed by atoms with Crippen LogP contribution < -0.4 is 5.73 Å². The number of nitrogen functional groups attached to an aromatic ring is 1. The Morgan fingerprint density at radius 2 is 1.90 bits per heavy atom. The Morgan fingerprint density at radius 3 is 2.43 bits per heavy atom. The highest BCUT2D eigenvalue weighted by atomic mass is 16.7. The van der Waals surface area contributed by atoms with Crippen LogP contribution in [-0.4, -0.2) is 35.0 Å². The lowest BCUT2D eigenvalue weighted by Crippen LogP contribution is -2.41. The summed E-state index contributed by atoms with van der Waals surface area (Å²) in [7, 11) is -0.569. The molecule has 0 unspecified atom stereocenters. The molecule has 1 saturated heterocycles. The van der Waals surface area contributed by atoms with Crippen molar-refractivity contribution < 1.29 is 14.4 Å². The van der Waals surface area contributed by atoms with Gasteiger partial charge >= 0.3 is 7.12 Å². The molecule has 1 fully saturated rings. The van der Waals surface area contributed by atoms with Crippen molar-refractivity contribution in [3.63, 3.8) is 0 Å². The van der Waals surface area contributed by atoms with Gasteiger partial charge in [-0.2, -0.15) is 0 Å². The highest BCUT2D eigenvalue weighted by molar-refractivity contribution is 6.55. The van der Waals surface area contributed by atoms with Crippen molar-refractivity contribution in [3.8, 4) is 0 Å². The van der Waals surface area contributed by atoms with E-state index in [9.17, 15) is 5.11 Å². The quantitative estimate of drug-likeness (QED) is 0.832. The summed E-state index contributed by atoms with van der Waals surface area (Å²) in [6, 6.07) is 1.82. The van der Waals surface area contributed by atoms with E-state index in [1.807, 2.05) is 46.8 Å². The van der Waals surface area contributed by atoms with Crippen LogP contribution in [0.2, 0.25) is 0 Å². The highest BCUT2D eigenvalue weighted by Gasteiger charge is 2.52. The molecule has 2 heterocycles. The number of anilines is 1. The molecule has 0 spiro atoms. The molecule has 0 bridgehead atoms. The standard InChI is InChI=1S/C15H23BN2O3/c1-10-11(7-13(17)8-18-10)6-12(9-19)16-20-14(2,3)15(4,5)21-16/h6-8,19H,9,17H2,1-5H3. The van der Waals surface area contributed by atoms with Gasteiger partial charge in [0.25, 0.3) is 0 Å². The first-order chi connectivity index (χ1) is 9.66. The topological polar surface area (TPSA) is 77.6 Å². The van der Waals surface area contributed by atoms with Gasteiger partial charge in [0, 0.05) is 5.69 Å². The largest absolute Gasteiger partial charge is 0.492 e. The van der Waals surface area contributed by atoms with Crippen LogP contribution in [0.3, 0.4) is 0 Å². The van der Waals surface area contributed by atoms with E-state index < -0.39 is 18.3 Å².